The molecule has 4 rings (SSSR count). The van der Waals surface area contributed by atoms with Crippen LogP contribution in [0.2, 0.25) is 0 Å². The average molecular weight is 404 g/mol. The van der Waals surface area contributed by atoms with Crippen LogP contribution in [-0.4, -0.2) is 23.0 Å². The Morgan fingerprint density at radius 2 is 1.90 bits per heavy atom. The molecule has 0 N–H and O–H groups in total. The fraction of sp³-hybridized carbons (Fsp3) is 0.174. The lowest BCUT2D eigenvalue weighted by Gasteiger charge is -2.20. The summed E-state index contributed by atoms with van der Waals surface area (Å²) >= 11 is 1.50. The normalized spacial score (nSPS) is 10.9. The number of aryl methyl sites for hydroxylation is 2. The molecule has 0 aliphatic rings. The van der Waals surface area contributed by atoms with Crippen LogP contribution in [0.3, 0.4) is 0 Å². The van der Waals surface area contributed by atoms with Crippen LogP contribution in [0, 0.1) is 13.8 Å². The molecular formula is C23H21N3O2S. The molecule has 2 aromatic heterocycles. The van der Waals surface area contributed by atoms with Gasteiger partial charge in [0, 0.05) is 18.0 Å². The van der Waals surface area contributed by atoms with Gasteiger partial charge in [0.25, 0.3) is 5.91 Å². The number of amides is 1. The van der Waals surface area contributed by atoms with Crippen molar-refractivity contribution in [1.82, 2.24) is 9.97 Å². The van der Waals surface area contributed by atoms with E-state index in [9.17, 15) is 4.79 Å². The van der Waals surface area contributed by atoms with Crippen LogP contribution < -0.4 is 9.64 Å². The van der Waals surface area contributed by atoms with Crippen molar-refractivity contribution in [3.05, 3.63) is 83.2 Å². The van der Waals surface area contributed by atoms with E-state index in [4.69, 9.17) is 9.72 Å². The van der Waals surface area contributed by atoms with Crippen molar-refractivity contribution < 1.29 is 9.53 Å². The first kappa shape index (κ1) is 19.1. The van der Waals surface area contributed by atoms with E-state index in [1.807, 2.05) is 62.4 Å². The number of carbonyl (C=O) groups excluding carboxylic acids is 1. The largest absolute Gasteiger partial charge is 0.494 e. The molecule has 0 radical (unpaired) electrons. The van der Waals surface area contributed by atoms with E-state index in [1.165, 1.54) is 11.3 Å². The molecule has 0 saturated heterocycles. The molecule has 0 fully saturated rings. The summed E-state index contributed by atoms with van der Waals surface area (Å²) in [5.74, 6) is 0.613. The monoisotopic (exact) mass is 403 g/mol. The third-order valence-corrected chi connectivity index (χ3v) is 5.96. The van der Waals surface area contributed by atoms with Crippen molar-refractivity contribution in [3.8, 4) is 5.75 Å². The Morgan fingerprint density at radius 3 is 2.59 bits per heavy atom. The van der Waals surface area contributed by atoms with Crippen LogP contribution in [0.4, 0.5) is 5.13 Å². The molecule has 6 heteroatoms. The van der Waals surface area contributed by atoms with Gasteiger partial charge in [-0.1, -0.05) is 41.2 Å². The highest BCUT2D eigenvalue weighted by Gasteiger charge is 2.23. The van der Waals surface area contributed by atoms with Gasteiger partial charge in [-0.05, 0) is 49.2 Å². The van der Waals surface area contributed by atoms with Gasteiger partial charge >= 0.3 is 0 Å². The topological polar surface area (TPSA) is 55.3 Å². The van der Waals surface area contributed by atoms with E-state index >= 15 is 0 Å². The maximum absolute atomic E-state index is 13.4. The minimum Gasteiger partial charge on any atom is -0.494 e. The van der Waals surface area contributed by atoms with Crippen LogP contribution >= 0.6 is 11.3 Å². The summed E-state index contributed by atoms with van der Waals surface area (Å²) in [6.07, 6.45) is 3.50. The van der Waals surface area contributed by atoms with Gasteiger partial charge in [0.2, 0.25) is 0 Å². The summed E-state index contributed by atoms with van der Waals surface area (Å²) in [4.78, 5) is 24.1. The van der Waals surface area contributed by atoms with Gasteiger partial charge in [-0.15, -0.1) is 0 Å². The van der Waals surface area contributed by atoms with Crippen molar-refractivity contribution in [2.75, 3.05) is 12.0 Å². The minimum atomic E-state index is -0.0930. The molecule has 29 heavy (non-hydrogen) atoms. The molecule has 0 atom stereocenters. The number of thiazole rings is 1. The second kappa shape index (κ2) is 8.01. The van der Waals surface area contributed by atoms with Gasteiger partial charge in [-0.2, -0.15) is 0 Å². The van der Waals surface area contributed by atoms with Gasteiger partial charge in [0.1, 0.15) is 11.3 Å². The van der Waals surface area contributed by atoms with E-state index in [-0.39, 0.29) is 5.91 Å². The van der Waals surface area contributed by atoms with Crippen molar-refractivity contribution in [2.45, 2.75) is 20.4 Å². The summed E-state index contributed by atoms with van der Waals surface area (Å²) in [7, 11) is 1.63. The molecule has 0 spiro atoms. The Hall–Kier alpha value is -3.25. The van der Waals surface area contributed by atoms with Gasteiger partial charge in [0.15, 0.2) is 5.13 Å². The number of nitrogens with zero attached hydrogens (tertiary/aromatic N) is 3. The lowest BCUT2D eigenvalue weighted by molar-refractivity contribution is 0.0985. The number of hydrogen-bond acceptors (Lipinski definition) is 5. The molecule has 0 bridgehead atoms. The lowest BCUT2D eigenvalue weighted by atomic mass is 10.1. The van der Waals surface area contributed by atoms with E-state index in [0.717, 1.165) is 26.9 Å². The second-order valence-corrected chi connectivity index (χ2v) is 7.86. The first-order valence-corrected chi connectivity index (χ1v) is 10.1. The third-order valence-electron chi connectivity index (χ3n) is 4.75. The second-order valence-electron chi connectivity index (χ2n) is 6.88. The third kappa shape index (κ3) is 3.84. The number of carbonyl (C=O) groups is 1. The van der Waals surface area contributed by atoms with Crippen LogP contribution in [0.5, 0.6) is 5.75 Å². The molecule has 0 aliphatic carbocycles. The number of hydrogen-bond donors (Lipinski definition) is 0. The number of fused-ring (bicyclic) bond motifs is 1. The van der Waals surface area contributed by atoms with Crippen LogP contribution in [-0.2, 0) is 6.54 Å². The molecule has 4 aromatic rings. The smallest absolute Gasteiger partial charge is 0.260 e. The molecule has 0 aliphatic heterocycles. The van der Waals surface area contributed by atoms with Crippen molar-refractivity contribution in [2.24, 2.45) is 0 Å². The highest BCUT2D eigenvalue weighted by atomic mass is 32.1. The SMILES string of the molecule is COc1ccc(C)c2sc(N(Cc3cccnc3)C(=O)c3ccc(C)cc3)nc12. The fourth-order valence-corrected chi connectivity index (χ4v) is 4.18. The van der Waals surface area contributed by atoms with Gasteiger partial charge in [0.05, 0.1) is 18.4 Å². The highest BCUT2D eigenvalue weighted by Crippen LogP contribution is 2.37. The molecule has 5 nitrogen and oxygen atoms in total. The van der Waals surface area contributed by atoms with E-state index in [0.29, 0.717) is 23.0 Å². The first-order chi connectivity index (χ1) is 14.1. The predicted molar refractivity (Wildman–Crippen MR) is 117 cm³/mol. The summed E-state index contributed by atoms with van der Waals surface area (Å²) in [6, 6.07) is 15.4. The average Bonchev–Trinajstić information content (AvgIpc) is 3.19. The molecule has 0 unspecified atom stereocenters. The molecule has 2 heterocycles. The summed E-state index contributed by atoms with van der Waals surface area (Å²) in [5, 5.41) is 0.641. The number of pyridine rings is 1. The summed E-state index contributed by atoms with van der Waals surface area (Å²) in [6.45, 7) is 4.43. The van der Waals surface area contributed by atoms with Crippen molar-refractivity contribution in [1.29, 1.82) is 0 Å². The number of methoxy groups -OCH3 is 1. The number of aromatic nitrogens is 2. The number of anilines is 1. The van der Waals surface area contributed by atoms with Crippen molar-refractivity contribution >= 4 is 32.6 Å². The Bertz CT molecular complexity index is 1150. The minimum absolute atomic E-state index is 0.0930. The van der Waals surface area contributed by atoms with E-state index in [1.54, 1.807) is 24.4 Å². The first-order valence-electron chi connectivity index (χ1n) is 9.28. The van der Waals surface area contributed by atoms with Gasteiger partial charge in [-0.25, -0.2) is 4.98 Å². The Labute approximate surface area is 173 Å². The maximum Gasteiger partial charge on any atom is 0.260 e. The fourth-order valence-electron chi connectivity index (χ4n) is 3.13. The Morgan fingerprint density at radius 1 is 1.10 bits per heavy atom. The molecule has 0 saturated carbocycles. The maximum atomic E-state index is 13.4. The molecule has 146 valence electrons. The van der Waals surface area contributed by atoms with Gasteiger partial charge in [-0.3, -0.25) is 14.7 Å². The Kier molecular flexibility index (Phi) is 5.27. The zero-order valence-electron chi connectivity index (χ0n) is 16.5. The number of benzene rings is 2. The summed E-state index contributed by atoms with van der Waals surface area (Å²) < 4.78 is 6.50. The van der Waals surface area contributed by atoms with Crippen LogP contribution in [0.1, 0.15) is 27.0 Å². The van der Waals surface area contributed by atoms with E-state index < -0.39 is 0 Å². The lowest BCUT2D eigenvalue weighted by Crippen LogP contribution is -2.30. The van der Waals surface area contributed by atoms with Crippen LogP contribution in [0.25, 0.3) is 10.2 Å². The highest BCUT2D eigenvalue weighted by molar-refractivity contribution is 7.22. The van der Waals surface area contributed by atoms with Crippen LogP contribution in [0.15, 0.2) is 60.9 Å². The zero-order chi connectivity index (χ0) is 20.4. The van der Waals surface area contributed by atoms with Crippen molar-refractivity contribution in [3.63, 3.8) is 0 Å². The number of rotatable bonds is 5. The number of ether oxygens (including phenoxy) is 1. The standard InChI is InChI=1S/C23H21N3O2S/c1-15-6-9-18(10-7-15)22(27)26(14-17-5-4-12-24-13-17)23-25-20-19(28-3)11-8-16(2)21(20)29-23/h4-13H,14H2,1-3H3. The predicted octanol–water partition coefficient (Wildman–Crippen LogP) is 5.16. The Balaban J connectivity index is 1.81. The van der Waals surface area contributed by atoms with E-state index in [2.05, 4.69) is 4.98 Å². The zero-order valence-corrected chi connectivity index (χ0v) is 17.4. The molecule has 1 amide bonds. The summed E-state index contributed by atoms with van der Waals surface area (Å²) in [5.41, 5.74) is 4.56. The van der Waals surface area contributed by atoms with Gasteiger partial charge < -0.3 is 4.74 Å². The molecular weight excluding hydrogens is 382 g/mol. The molecule has 2 aromatic carbocycles. The quantitative estimate of drug-likeness (QED) is 0.462.